The number of hydrogen-bond acceptors (Lipinski definition) is 4. The zero-order valence-corrected chi connectivity index (χ0v) is 16.8. The molecule has 0 unspecified atom stereocenters. The number of rotatable bonds is 6. The fourth-order valence-corrected chi connectivity index (χ4v) is 3.82. The third kappa shape index (κ3) is 3.31. The highest BCUT2D eigenvalue weighted by Gasteiger charge is 2.36. The number of hydrogen-bond donors (Lipinski definition) is 4. The molecule has 2 heterocycles. The number of aromatic amines is 1. The van der Waals surface area contributed by atoms with Crippen LogP contribution in [0.25, 0.3) is 22.2 Å². The monoisotopic (exact) mass is 395 g/mol. The van der Waals surface area contributed by atoms with E-state index in [0.29, 0.717) is 17.7 Å². The Labute approximate surface area is 168 Å². The smallest absolute Gasteiger partial charge is 0.345 e. The van der Waals surface area contributed by atoms with Crippen LogP contribution in [0.5, 0.6) is 5.75 Å². The Morgan fingerprint density at radius 1 is 1.31 bits per heavy atom. The van der Waals surface area contributed by atoms with Crippen LogP contribution in [0.3, 0.4) is 0 Å². The number of aryl methyl sites for hydroxylation is 1. The molecule has 4 N–H and O–H groups in total. The van der Waals surface area contributed by atoms with Crippen molar-refractivity contribution in [2.45, 2.75) is 45.2 Å². The summed E-state index contributed by atoms with van der Waals surface area (Å²) in [7, 11) is 2.03. The van der Waals surface area contributed by atoms with Crippen molar-refractivity contribution >= 4 is 16.9 Å². The molecule has 1 aliphatic rings. The molecule has 7 nitrogen and oxygen atoms in total. The number of benzene rings is 1. The van der Waals surface area contributed by atoms with E-state index in [9.17, 15) is 19.8 Å². The molecule has 29 heavy (non-hydrogen) atoms. The Kier molecular flexibility index (Phi) is 4.50. The summed E-state index contributed by atoms with van der Waals surface area (Å²) in [6, 6.07) is 7.94. The first-order valence-electron chi connectivity index (χ1n) is 9.79. The van der Waals surface area contributed by atoms with Crippen LogP contribution < -0.4 is 10.9 Å². The van der Waals surface area contributed by atoms with Crippen LogP contribution in [0.2, 0.25) is 0 Å². The van der Waals surface area contributed by atoms with Gasteiger partial charge in [0, 0.05) is 41.3 Å². The van der Waals surface area contributed by atoms with Crippen LogP contribution in [-0.4, -0.2) is 31.3 Å². The number of fused-ring (bicyclic) bond motifs is 1. The second-order valence-corrected chi connectivity index (χ2v) is 8.07. The van der Waals surface area contributed by atoms with Gasteiger partial charge >= 0.3 is 5.97 Å². The van der Waals surface area contributed by atoms with Crippen LogP contribution >= 0.6 is 0 Å². The van der Waals surface area contributed by atoms with Crippen molar-refractivity contribution in [3.05, 3.63) is 51.4 Å². The molecule has 0 saturated heterocycles. The summed E-state index contributed by atoms with van der Waals surface area (Å²) in [5.74, 6) is -1.90. The Morgan fingerprint density at radius 3 is 2.66 bits per heavy atom. The van der Waals surface area contributed by atoms with Gasteiger partial charge < -0.3 is 25.1 Å². The summed E-state index contributed by atoms with van der Waals surface area (Å²) >= 11 is 0. The van der Waals surface area contributed by atoms with E-state index in [1.807, 2.05) is 32.2 Å². The normalized spacial score (nSPS) is 15.0. The van der Waals surface area contributed by atoms with E-state index in [4.69, 9.17) is 0 Å². The molecule has 1 aromatic carbocycles. The summed E-state index contributed by atoms with van der Waals surface area (Å²) in [4.78, 5) is 26.2. The zero-order valence-electron chi connectivity index (χ0n) is 16.8. The first kappa shape index (κ1) is 19.3. The van der Waals surface area contributed by atoms with Crippen molar-refractivity contribution in [1.82, 2.24) is 14.9 Å². The van der Waals surface area contributed by atoms with E-state index in [1.54, 1.807) is 0 Å². The zero-order chi connectivity index (χ0) is 20.9. The number of aromatic carboxylic acids is 1. The van der Waals surface area contributed by atoms with E-state index in [-0.39, 0.29) is 5.54 Å². The summed E-state index contributed by atoms with van der Waals surface area (Å²) in [6.45, 7) is 4.82. The van der Waals surface area contributed by atoms with Crippen LogP contribution in [0.4, 0.5) is 0 Å². The molecule has 152 valence electrons. The van der Waals surface area contributed by atoms with Gasteiger partial charge in [-0.25, -0.2) is 4.79 Å². The molecule has 0 atom stereocenters. The topological polar surface area (TPSA) is 107 Å². The summed E-state index contributed by atoms with van der Waals surface area (Å²) in [5.41, 5.74) is 2.67. The average molecular weight is 395 g/mol. The number of H-pyrrole nitrogens is 1. The Morgan fingerprint density at radius 2 is 2.03 bits per heavy atom. The van der Waals surface area contributed by atoms with Crippen molar-refractivity contribution in [1.29, 1.82) is 0 Å². The number of carboxylic acids is 1. The van der Waals surface area contributed by atoms with Crippen molar-refractivity contribution in [2.24, 2.45) is 7.05 Å². The molecular weight excluding hydrogens is 370 g/mol. The van der Waals surface area contributed by atoms with Gasteiger partial charge in [0.15, 0.2) is 5.56 Å². The lowest BCUT2D eigenvalue weighted by atomic mass is 9.99. The van der Waals surface area contributed by atoms with Gasteiger partial charge in [0.05, 0.1) is 5.69 Å². The van der Waals surface area contributed by atoms with Crippen molar-refractivity contribution < 1.29 is 15.0 Å². The second-order valence-electron chi connectivity index (χ2n) is 8.07. The lowest BCUT2D eigenvalue weighted by molar-refractivity contribution is 0.0691. The standard InChI is InChI=1S/C22H25N3O4/c1-4-15-18(24-20(27)17(19(15)26)21(28)29)12-5-6-16-13(9-12)10-14(25(16)3)11-23-22(2)7-8-22/h5-6,9-10,23H,4,7-8,11H2,1-3H3,(H,28,29)(H2,24,26,27). The van der Waals surface area contributed by atoms with E-state index in [0.717, 1.165) is 23.0 Å². The molecule has 4 rings (SSSR count). The minimum Gasteiger partial charge on any atom is -0.506 e. The lowest BCUT2D eigenvalue weighted by Gasteiger charge is -2.12. The molecule has 7 heteroatoms. The molecule has 0 aliphatic heterocycles. The first-order chi connectivity index (χ1) is 13.7. The maximum atomic E-state index is 12.2. The Bertz CT molecular complexity index is 1180. The SMILES string of the molecule is CCc1c(-c2ccc3c(c2)cc(CNC2(C)CC2)n3C)[nH]c(=O)c(C(=O)O)c1O. The van der Waals surface area contributed by atoms with Gasteiger partial charge in [0.1, 0.15) is 5.75 Å². The predicted molar refractivity (Wildman–Crippen MR) is 111 cm³/mol. The third-order valence-corrected chi connectivity index (χ3v) is 5.98. The van der Waals surface area contributed by atoms with Crippen molar-refractivity contribution in [3.8, 4) is 17.0 Å². The van der Waals surface area contributed by atoms with E-state index < -0.39 is 22.8 Å². The minimum absolute atomic E-state index is 0.251. The number of carbonyl (C=O) groups is 1. The molecule has 1 aliphatic carbocycles. The summed E-state index contributed by atoms with van der Waals surface area (Å²) in [5, 5.41) is 24.2. The van der Waals surface area contributed by atoms with Gasteiger partial charge in [-0.05, 0) is 49.9 Å². The molecular formula is C22H25N3O4. The fourth-order valence-electron chi connectivity index (χ4n) is 3.82. The van der Waals surface area contributed by atoms with Crippen LogP contribution in [0, 0.1) is 0 Å². The molecule has 0 bridgehead atoms. The quantitative estimate of drug-likeness (QED) is 0.513. The van der Waals surface area contributed by atoms with Gasteiger partial charge in [0.25, 0.3) is 5.56 Å². The number of pyridine rings is 1. The van der Waals surface area contributed by atoms with Crippen LogP contribution in [0.15, 0.2) is 29.1 Å². The first-order valence-corrected chi connectivity index (χ1v) is 9.79. The van der Waals surface area contributed by atoms with Gasteiger partial charge in [-0.1, -0.05) is 13.0 Å². The molecule has 2 aromatic heterocycles. The molecule has 0 amide bonds. The highest BCUT2D eigenvalue weighted by atomic mass is 16.4. The number of aromatic nitrogens is 2. The highest BCUT2D eigenvalue weighted by Crippen LogP contribution is 2.35. The van der Waals surface area contributed by atoms with Gasteiger partial charge in [-0.15, -0.1) is 0 Å². The van der Waals surface area contributed by atoms with Crippen molar-refractivity contribution in [3.63, 3.8) is 0 Å². The summed E-state index contributed by atoms with van der Waals surface area (Å²) < 4.78 is 2.15. The summed E-state index contributed by atoms with van der Waals surface area (Å²) in [6.07, 6.45) is 2.78. The maximum absolute atomic E-state index is 12.2. The lowest BCUT2D eigenvalue weighted by Crippen LogP contribution is -2.27. The van der Waals surface area contributed by atoms with E-state index >= 15 is 0 Å². The molecule has 3 aromatic rings. The predicted octanol–water partition coefficient (Wildman–Crippen LogP) is 3.14. The van der Waals surface area contributed by atoms with Crippen LogP contribution in [-0.2, 0) is 20.0 Å². The fraction of sp³-hybridized carbons (Fsp3) is 0.364. The number of aromatic hydroxyl groups is 1. The van der Waals surface area contributed by atoms with Gasteiger partial charge in [0.2, 0.25) is 0 Å². The molecule has 1 saturated carbocycles. The number of carboxylic acid groups (broad SMARTS) is 1. The highest BCUT2D eigenvalue weighted by molar-refractivity contribution is 5.92. The van der Waals surface area contributed by atoms with Crippen LogP contribution in [0.1, 0.15) is 48.3 Å². The number of nitrogens with zero attached hydrogens (tertiary/aromatic N) is 1. The molecule has 0 radical (unpaired) electrons. The van der Waals surface area contributed by atoms with E-state index in [2.05, 4.69) is 27.9 Å². The average Bonchev–Trinajstić information content (AvgIpc) is 3.32. The minimum atomic E-state index is -1.44. The van der Waals surface area contributed by atoms with E-state index in [1.165, 1.54) is 18.5 Å². The Hall–Kier alpha value is -3.06. The molecule has 0 spiro atoms. The second kappa shape index (κ2) is 6.77. The van der Waals surface area contributed by atoms with Crippen molar-refractivity contribution in [2.75, 3.05) is 0 Å². The van der Waals surface area contributed by atoms with Gasteiger partial charge in [-0.2, -0.15) is 0 Å². The Balaban J connectivity index is 1.78. The van der Waals surface area contributed by atoms with Gasteiger partial charge in [-0.3, -0.25) is 4.79 Å². The molecule has 1 fully saturated rings. The maximum Gasteiger partial charge on any atom is 0.345 e. The largest absolute Gasteiger partial charge is 0.506 e. The number of nitrogens with one attached hydrogen (secondary N) is 2. The third-order valence-electron chi connectivity index (χ3n) is 5.98.